The first-order chi connectivity index (χ1) is 5.59. The molecule has 0 fully saturated rings. The van der Waals surface area contributed by atoms with Crippen LogP contribution in [-0.4, -0.2) is 35.4 Å². The van der Waals surface area contributed by atoms with Crippen LogP contribution in [0.25, 0.3) is 0 Å². The SMILES string of the molecule is NCCCC[C@H](N)C(=O)B(O)O. The Bertz CT molecular complexity index is 143. The summed E-state index contributed by atoms with van der Waals surface area (Å²) < 4.78 is 0. The number of hydrogen-bond donors (Lipinski definition) is 4. The van der Waals surface area contributed by atoms with E-state index in [2.05, 4.69) is 0 Å². The molecule has 0 saturated carbocycles. The third kappa shape index (κ3) is 4.45. The summed E-state index contributed by atoms with van der Waals surface area (Å²) in [6.07, 6.45) is 1.98. The van der Waals surface area contributed by atoms with Gasteiger partial charge >= 0.3 is 7.12 Å². The molecule has 0 aliphatic heterocycles. The van der Waals surface area contributed by atoms with Crippen LogP contribution in [0.2, 0.25) is 0 Å². The van der Waals surface area contributed by atoms with Gasteiger partial charge in [-0.05, 0) is 19.4 Å². The van der Waals surface area contributed by atoms with Crippen molar-refractivity contribution in [2.75, 3.05) is 6.54 Å². The standard InChI is InChI=1S/C6H15BN2O3/c8-4-2-1-3-5(9)6(10)7(11)12/h5,11-12H,1-4,8-9H2/t5-/m0/s1. The van der Waals surface area contributed by atoms with Crippen LogP contribution in [0.3, 0.4) is 0 Å². The van der Waals surface area contributed by atoms with Gasteiger partial charge in [-0.25, -0.2) is 0 Å². The van der Waals surface area contributed by atoms with E-state index < -0.39 is 18.8 Å². The van der Waals surface area contributed by atoms with Crippen LogP contribution in [0, 0.1) is 0 Å². The third-order valence-electron chi connectivity index (χ3n) is 1.59. The van der Waals surface area contributed by atoms with Crippen LogP contribution in [0.1, 0.15) is 19.3 Å². The smallest absolute Gasteiger partial charge is 0.421 e. The van der Waals surface area contributed by atoms with E-state index in [0.29, 0.717) is 13.0 Å². The molecule has 6 N–H and O–H groups in total. The van der Waals surface area contributed by atoms with Crippen molar-refractivity contribution in [1.29, 1.82) is 0 Å². The molecule has 0 heterocycles. The molecule has 0 aromatic rings. The lowest BCUT2D eigenvalue weighted by atomic mass is 9.79. The second-order valence-electron chi connectivity index (χ2n) is 2.67. The van der Waals surface area contributed by atoms with E-state index in [4.69, 9.17) is 21.5 Å². The molecule has 0 bridgehead atoms. The molecule has 0 amide bonds. The minimum atomic E-state index is -1.95. The van der Waals surface area contributed by atoms with E-state index in [9.17, 15) is 4.79 Å². The molecule has 0 saturated heterocycles. The Morgan fingerprint density at radius 1 is 1.42 bits per heavy atom. The molecule has 0 unspecified atom stereocenters. The highest BCUT2D eigenvalue weighted by atomic mass is 16.4. The van der Waals surface area contributed by atoms with E-state index in [1.807, 2.05) is 0 Å². The highest BCUT2D eigenvalue weighted by Gasteiger charge is 2.25. The van der Waals surface area contributed by atoms with Crippen molar-refractivity contribution in [2.45, 2.75) is 25.3 Å². The maximum Gasteiger partial charge on any atom is 0.528 e. The number of rotatable bonds is 6. The first-order valence-corrected chi connectivity index (χ1v) is 3.95. The third-order valence-corrected chi connectivity index (χ3v) is 1.59. The average molecular weight is 174 g/mol. The van der Waals surface area contributed by atoms with Gasteiger partial charge in [-0.1, -0.05) is 6.42 Å². The zero-order valence-electron chi connectivity index (χ0n) is 6.94. The summed E-state index contributed by atoms with van der Waals surface area (Å²) >= 11 is 0. The van der Waals surface area contributed by atoms with Crippen molar-refractivity contribution < 1.29 is 14.8 Å². The number of carbonyl (C=O) groups excluding carboxylic acids is 1. The first kappa shape index (κ1) is 11.6. The van der Waals surface area contributed by atoms with E-state index in [-0.39, 0.29) is 0 Å². The molecule has 1 atom stereocenters. The van der Waals surface area contributed by atoms with Crippen LogP contribution in [0.5, 0.6) is 0 Å². The van der Waals surface area contributed by atoms with Crippen molar-refractivity contribution in [1.82, 2.24) is 0 Å². The van der Waals surface area contributed by atoms with Crippen molar-refractivity contribution in [2.24, 2.45) is 11.5 Å². The molecule has 12 heavy (non-hydrogen) atoms. The summed E-state index contributed by atoms with van der Waals surface area (Å²) in [6.45, 7) is 0.558. The van der Waals surface area contributed by atoms with Gasteiger partial charge in [0.15, 0.2) is 5.68 Å². The fourth-order valence-corrected chi connectivity index (χ4v) is 0.842. The van der Waals surface area contributed by atoms with E-state index >= 15 is 0 Å². The van der Waals surface area contributed by atoms with Crippen molar-refractivity contribution >= 4 is 12.8 Å². The number of carbonyl (C=O) groups is 1. The van der Waals surface area contributed by atoms with Crippen LogP contribution in [0.4, 0.5) is 0 Å². The predicted octanol–water partition coefficient (Wildman–Crippen LogP) is -1.98. The molecule has 0 radical (unpaired) electrons. The lowest BCUT2D eigenvalue weighted by molar-refractivity contribution is -0.115. The normalized spacial score (nSPS) is 12.7. The van der Waals surface area contributed by atoms with Crippen LogP contribution >= 0.6 is 0 Å². The molecular weight excluding hydrogens is 159 g/mol. The van der Waals surface area contributed by atoms with Crippen molar-refractivity contribution in [3.63, 3.8) is 0 Å². The molecule has 0 aromatic heterocycles. The first-order valence-electron chi connectivity index (χ1n) is 3.95. The quantitative estimate of drug-likeness (QED) is 0.275. The second kappa shape index (κ2) is 6.13. The average Bonchev–Trinajstić information content (AvgIpc) is 2.03. The topological polar surface area (TPSA) is 110 Å². The summed E-state index contributed by atoms with van der Waals surface area (Å²) in [7, 11) is -1.95. The van der Waals surface area contributed by atoms with E-state index in [1.165, 1.54) is 0 Å². The Kier molecular flexibility index (Phi) is 5.91. The van der Waals surface area contributed by atoms with Gasteiger partial charge in [0.1, 0.15) is 0 Å². The predicted molar refractivity (Wildman–Crippen MR) is 46.1 cm³/mol. The van der Waals surface area contributed by atoms with Crippen LogP contribution in [-0.2, 0) is 4.79 Å². The molecule has 0 aliphatic carbocycles. The molecule has 0 aliphatic rings. The summed E-state index contributed by atoms with van der Waals surface area (Å²) in [5.41, 5.74) is 9.85. The zero-order valence-corrected chi connectivity index (χ0v) is 6.94. The van der Waals surface area contributed by atoms with Crippen LogP contribution < -0.4 is 11.5 Å². The zero-order chi connectivity index (χ0) is 9.56. The van der Waals surface area contributed by atoms with Gasteiger partial charge in [-0.2, -0.15) is 0 Å². The molecule has 0 aromatic carbocycles. The Morgan fingerprint density at radius 2 is 2.00 bits per heavy atom. The lowest BCUT2D eigenvalue weighted by Crippen LogP contribution is -2.41. The molecule has 70 valence electrons. The monoisotopic (exact) mass is 174 g/mol. The van der Waals surface area contributed by atoms with Gasteiger partial charge in [0.2, 0.25) is 0 Å². The summed E-state index contributed by atoms with van der Waals surface area (Å²) in [6, 6.07) is -0.781. The molecular formula is C6H15BN2O3. The van der Waals surface area contributed by atoms with Gasteiger partial charge < -0.3 is 26.3 Å². The maximum atomic E-state index is 10.8. The Balaban J connectivity index is 3.57. The Labute approximate surface area is 71.9 Å². The molecule has 6 heteroatoms. The Hall–Kier alpha value is -0.425. The summed E-state index contributed by atoms with van der Waals surface area (Å²) in [4.78, 5) is 10.8. The van der Waals surface area contributed by atoms with Crippen molar-refractivity contribution in [3.8, 4) is 0 Å². The molecule has 5 nitrogen and oxygen atoms in total. The van der Waals surface area contributed by atoms with Crippen LogP contribution in [0.15, 0.2) is 0 Å². The second-order valence-corrected chi connectivity index (χ2v) is 2.67. The lowest BCUT2D eigenvalue weighted by Gasteiger charge is -2.08. The molecule has 0 spiro atoms. The largest absolute Gasteiger partial charge is 0.528 e. The van der Waals surface area contributed by atoms with Crippen molar-refractivity contribution in [3.05, 3.63) is 0 Å². The van der Waals surface area contributed by atoms with E-state index in [0.717, 1.165) is 12.8 Å². The highest BCUT2D eigenvalue weighted by Crippen LogP contribution is 1.99. The minimum absolute atomic E-state index is 0.452. The van der Waals surface area contributed by atoms with Gasteiger partial charge in [-0.3, -0.25) is 0 Å². The van der Waals surface area contributed by atoms with Gasteiger partial charge in [0.05, 0.1) is 6.04 Å². The Morgan fingerprint density at radius 3 is 2.42 bits per heavy atom. The number of hydrogen-bond acceptors (Lipinski definition) is 5. The highest BCUT2D eigenvalue weighted by molar-refractivity contribution is 6.79. The maximum absolute atomic E-state index is 10.8. The fourth-order valence-electron chi connectivity index (χ4n) is 0.842. The molecule has 0 rings (SSSR count). The fraction of sp³-hybridized carbons (Fsp3) is 0.833. The summed E-state index contributed by atoms with van der Waals surface area (Å²) in [5, 5.41) is 16.9. The minimum Gasteiger partial charge on any atom is -0.421 e. The number of nitrogens with two attached hydrogens (primary N) is 2. The summed E-state index contributed by atoms with van der Waals surface area (Å²) in [5.74, 6) is 0. The van der Waals surface area contributed by atoms with E-state index in [1.54, 1.807) is 0 Å². The van der Waals surface area contributed by atoms with Gasteiger partial charge in [-0.15, -0.1) is 0 Å². The van der Waals surface area contributed by atoms with Gasteiger partial charge in [0.25, 0.3) is 0 Å². The van der Waals surface area contributed by atoms with Gasteiger partial charge in [0, 0.05) is 0 Å². The number of unbranched alkanes of at least 4 members (excludes halogenated alkanes) is 1.